The van der Waals surface area contributed by atoms with Gasteiger partial charge < -0.3 is 14.3 Å². The van der Waals surface area contributed by atoms with Crippen molar-refractivity contribution in [3.63, 3.8) is 0 Å². The normalized spacial score (nSPS) is 14.4. The van der Waals surface area contributed by atoms with Crippen molar-refractivity contribution >= 4 is 5.69 Å². The van der Waals surface area contributed by atoms with E-state index in [-0.39, 0.29) is 23.4 Å². The topological polar surface area (TPSA) is 114 Å². The fraction of sp³-hybridized carbons (Fsp3) is 0.455. The molecule has 20 heavy (non-hydrogen) atoms. The van der Waals surface area contributed by atoms with E-state index >= 15 is 0 Å². The number of nitro groups is 1. The standard InChI is InChI=1S/C11H12N2O7/c1-2-9(20-13(16)17)7-5-10-11(19-4-3-18-10)6-8(7)12(14)15/h5-6,9H,2-4H2,1H3. The van der Waals surface area contributed by atoms with Crippen LogP contribution < -0.4 is 9.47 Å². The molecule has 0 radical (unpaired) electrons. The van der Waals surface area contributed by atoms with Crippen molar-refractivity contribution in [3.8, 4) is 11.5 Å². The molecule has 0 aromatic heterocycles. The van der Waals surface area contributed by atoms with E-state index in [2.05, 4.69) is 4.84 Å². The van der Waals surface area contributed by atoms with Gasteiger partial charge in [-0.25, -0.2) is 0 Å². The highest BCUT2D eigenvalue weighted by Gasteiger charge is 2.28. The third-order valence-electron chi connectivity index (χ3n) is 2.82. The van der Waals surface area contributed by atoms with Gasteiger partial charge in [-0.1, -0.05) is 6.92 Å². The van der Waals surface area contributed by atoms with Crippen LogP contribution in [0.15, 0.2) is 12.1 Å². The summed E-state index contributed by atoms with van der Waals surface area (Å²) in [6.07, 6.45) is -0.817. The molecule has 0 saturated carbocycles. The molecular weight excluding hydrogens is 272 g/mol. The SMILES string of the molecule is CCC(O[N+](=O)[O-])c1cc2c(cc1[N+](=O)[O-])OCCO2. The van der Waals surface area contributed by atoms with Gasteiger partial charge in [0.25, 0.3) is 10.8 Å². The van der Waals surface area contributed by atoms with Crippen LogP contribution in [0.5, 0.6) is 11.5 Å². The second-order valence-electron chi connectivity index (χ2n) is 4.04. The Hall–Kier alpha value is -2.58. The number of rotatable bonds is 5. The van der Waals surface area contributed by atoms with E-state index in [4.69, 9.17) is 9.47 Å². The molecule has 0 bridgehead atoms. The largest absolute Gasteiger partial charge is 0.486 e. The minimum Gasteiger partial charge on any atom is -0.486 e. The highest BCUT2D eigenvalue weighted by molar-refractivity contribution is 5.55. The van der Waals surface area contributed by atoms with Crippen molar-refractivity contribution in [1.82, 2.24) is 0 Å². The number of ether oxygens (including phenoxy) is 2. The summed E-state index contributed by atoms with van der Waals surface area (Å²) < 4.78 is 10.6. The molecular formula is C11H12N2O7. The Morgan fingerprint density at radius 3 is 2.35 bits per heavy atom. The highest BCUT2D eigenvalue weighted by atomic mass is 17.0. The van der Waals surface area contributed by atoms with Crippen LogP contribution >= 0.6 is 0 Å². The first-order valence-corrected chi connectivity index (χ1v) is 5.92. The van der Waals surface area contributed by atoms with Crippen molar-refractivity contribution < 1.29 is 24.3 Å². The van der Waals surface area contributed by atoms with Gasteiger partial charge in [-0.05, 0) is 12.5 Å². The summed E-state index contributed by atoms with van der Waals surface area (Å²) in [4.78, 5) is 25.4. The molecule has 9 nitrogen and oxygen atoms in total. The number of nitrogens with zero attached hydrogens (tertiary/aromatic N) is 2. The lowest BCUT2D eigenvalue weighted by Gasteiger charge is -2.21. The average Bonchev–Trinajstić information content (AvgIpc) is 2.43. The molecule has 1 aliphatic rings. The predicted octanol–water partition coefficient (Wildman–Crippen LogP) is 2.03. The smallest absolute Gasteiger partial charge is 0.295 e. The van der Waals surface area contributed by atoms with Crippen molar-refractivity contribution in [3.05, 3.63) is 37.9 Å². The van der Waals surface area contributed by atoms with E-state index in [0.717, 1.165) is 0 Å². The molecule has 0 amide bonds. The van der Waals surface area contributed by atoms with E-state index in [1.54, 1.807) is 6.92 Å². The quantitative estimate of drug-likeness (QED) is 0.600. The summed E-state index contributed by atoms with van der Waals surface area (Å²) in [5, 5.41) is 20.6. The third-order valence-corrected chi connectivity index (χ3v) is 2.82. The molecule has 1 aromatic rings. The molecule has 1 aliphatic heterocycles. The van der Waals surface area contributed by atoms with Crippen LogP contribution in [0.2, 0.25) is 0 Å². The monoisotopic (exact) mass is 284 g/mol. The Labute approximate surface area is 113 Å². The Kier molecular flexibility index (Phi) is 3.87. The van der Waals surface area contributed by atoms with Crippen molar-refractivity contribution in [1.29, 1.82) is 0 Å². The summed E-state index contributed by atoms with van der Waals surface area (Å²) in [6.45, 7) is 2.25. The Balaban J connectivity index is 2.48. The number of benzene rings is 1. The Bertz CT molecular complexity index is 546. The first-order chi connectivity index (χ1) is 9.52. The summed E-state index contributed by atoms with van der Waals surface area (Å²) in [6, 6.07) is 2.57. The van der Waals surface area contributed by atoms with Crippen molar-refractivity contribution in [2.75, 3.05) is 13.2 Å². The van der Waals surface area contributed by atoms with Gasteiger partial charge in [-0.2, -0.15) is 0 Å². The lowest BCUT2D eigenvalue weighted by Crippen LogP contribution is -2.17. The molecule has 0 fully saturated rings. The van der Waals surface area contributed by atoms with Crippen LogP contribution in [0.3, 0.4) is 0 Å². The maximum absolute atomic E-state index is 11.1. The molecule has 0 spiro atoms. The van der Waals surface area contributed by atoms with E-state index in [9.17, 15) is 20.2 Å². The predicted molar refractivity (Wildman–Crippen MR) is 65.2 cm³/mol. The molecule has 108 valence electrons. The zero-order chi connectivity index (χ0) is 14.7. The van der Waals surface area contributed by atoms with Gasteiger partial charge in [0, 0.05) is 0 Å². The zero-order valence-corrected chi connectivity index (χ0v) is 10.6. The summed E-state index contributed by atoms with van der Waals surface area (Å²) in [7, 11) is 0. The molecule has 0 saturated heterocycles. The summed E-state index contributed by atoms with van der Waals surface area (Å²) >= 11 is 0. The number of hydrogen-bond acceptors (Lipinski definition) is 7. The molecule has 0 N–H and O–H groups in total. The molecule has 0 aliphatic carbocycles. The van der Waals surface area contributed by atoms with Gasteiger partial charge in [-0.3, -0.25) is 10.1 Å². The van der Waals surface area contributed by atoms with Gasteiger partial charge in [0.15, 0.2) is 11.5 Å². The molecule has 1 unspecified atom stereocenters. The number of nitro benzene ring substituents is 1. The lowest BCUT2D eigenvalue weighted by molar-refractivity contribution is -0.771. The van der Waals surface area contributed by atoms with Gasteiger partial charge in [0.1, 0.15) is 19.3 Å². The maximum Gasteiger partial charge on any atom is 0.295 e. The van der Waals surface area contributed by atoms with E-state index < -0.39 is 16.1 Å². The first kappa shape index (κ1) is 13.8. The van der Waals surface area contributed by atoms with Gasteiger partial charge in [0.05, 0.1) is 16.6 Å². The highest BCUT2D eigenvalue weighted by Crippen LogP contribution is 2.40. The van der Waals surface area contributed by atoms with E-state index in [1.165, 1.54) is 12.1 Å². The average molecular weight is 284 g/mol. The van der Waals surface area contributed by atoms with Crippen LogP contribution in [0, 0.1) is 20.2 Å². The first-order valence-electron chi connectivity index (χ1n) is 5.92. The molecule has 2 rings (SSSR count). The Morgan fingerprint density at radius 1 is 1.25 bits per heavy atom. The molecule has 1 atom stereocenters. The van der Waals surface area contributed by atoms with Crippen LogP contribution in [0.4, 0.5) is 5.69 Å². The van der Waals surface area contributed by atoms with Gasteiger partial charge in [-0.15, -0.1) is 10.1 Å². The second kappa shape index (κ2) is 5.59. The fourth-order valence-electron chi connectivity index (χ4n) is 1.96. The molecule has 1 heterocycles. The van der Waals surface area contributed by atoms with E-state index in [0.29, 0.717) is 19.0 Å². The van der Waals surface area contributed by atoms with Crippen LogP contribution in [-0.4, -0.2) is 23.2 Å². The fourth-order valence-corrected chi connectivity index (χ4v) is 1.96. The lowest BCUT2D eigenvalue weighted by atomic mass is 10.0. The molecule has 1 aromatic carbocycles. The Morgan fingerprint density at radius 2 is 1.85 bits per heavy atom. The molecule has 9 heteroatoms. The van der Waals surface area contributed by atoms with Crippen LogP contribution in [0.25, 0.3) is 0 Å². The van der Waals surface area contributed by atoms with Crippen molar-refractivity contribution in [2.24, 2.45) is 0 Å². The maximum atomic E-state index is 11.1. The zero-order valence-electron chi connectivity index (χ0n) is 10.6. The van der Waals surface area contributed by atoms with E-state index in [1.807, 2.05) is 0 Å². The van der Waals surface area contributed by atoms with Crippen molar-refractivity contribution in [2.45, 2.75) is 19.4 Å². The van der Waals surface area contributed by atoms with Gasteiger partial charge in [0.2, 0.25) is 0 Å². The minimum absolute atomic E-state index is 0.0958. The minimum atomic E-state index is -1.03. The van der Waals surface area contributed by atoms with Crippen LogP contribution in [0.1, 0.15) is 25.0 Å². The third kappa shape index (κ3) is 2.71. The second-order valence-corrected chi connectivity index (χ2v) is 4.04. The summed E-state index contributed by atoms with van der Waals surface area (Å²) in [5.41, 5.74) is -0.193. The summed E-state index contributed by atoms with van der Waals surface area (Å²) in [5.74, 6) is 0.574. The van der Waals surface area contributed by atoms with Gasteiger partial charge >= 0.3 is 0 Å². The number of hydrogen-bond donors (Lipinski definition) is 0. The number of fused-ring (bicyclic) bond motifs is 1. The van der Waals surface area contributed by atoms with Crippen LogP contribution in [-0.2, 0) is 4.84 Å².